The Labute approximate surface area is 281 Å². The number of hydrogen-bond donors (Lipinski definition) is 4. The van der Waals surface area contributed by atoms with E-state index in [1.54, 1.807) is 29.2 Å². The maximum absolute atomic E-state index is 13.7. The Balaban J connectivity index is 1.26. The fourth-order valence-electron chi connectivity index (χ4n) is 5.76. The number of thiazole rings is 1. The van der Waals surface area contributed by atoms with Gasteiger partial charge in [0.1, 0.15) is 0 Å². The van der Waals surface area contributed by atoms with E-state index in [-0.39, 0.29) is 23.9 Å². The van der Waals surface area contributed by atoms with Crippen molar-refractivity contribution in [3.05, 3.63) is 101 Å². The first-order chi connectivity index (χ1) is 22.7. The maximum atomic E-state index is 13.7. The monoisotopic (exact) mass is 674 g/mol. The zero-order chi connectivity index (χ0) is 33.1. The van der Waals surface area contributed by atoms with E-state index in [2.05, 4.69) is 49.9 Å². The molecule has 0 saturated carbocycles. The first-order valence-corrected chi connectivity index (χ1v) is 18.7. The molecule has 1 atom stereocenters. The molecule has 3 aromatic carbocycles. The maximum Gasteiger partial charge on any atom is 0.323 e. The largest absolute Gasteiger partial charge is 0.352 e. The summed E-state index contributed by atoms with van der Waals surface area (Å²) < 4.78 is 25.5. The lowest BCUT2D eigenvalue weighted by atomic mass is 9.88. The van der Waals surface area contributed by atoms with Crippen molar-refractivity contribution in [3.63, 3.8) is 0 Å². The van der Waals surface area contributed by atoms with Crippen LogP contribution in [0.2, 0.25) is 0 Å². The Hall–Kier alpha value is -4.26. The average Bonchev–Trinajstić information content (AvgIpc) is 3.53. The van der Waals surface area contributed by atoms with Crippen LogP contribution in [0.25, 0.3) is 11.3 Å². The first-order valence-electron chi connectivity index (χ1n) is 15.9. The second kappa shape index (κ2) is 16.5. The molecule has 4 N–H and O–H groups in total. The number of nitrogens with one attached hydrogen (secondary N) is 4. The zero-order valence-electron chi connectivity index (χ0n) is 26.5. The summed E-state index contributed by atoms with van der Waals surface area (Å²) in [7, 11) is -3.37. The van der Waals surface area contributed by atoms with E-state index in [1.165, 1.54) is 22.5 Å². The number of aromatic nitrogens is 1. The van der Waals surface area contributed by atoms with Gasteiger partial charge in [-0.2, -0.15) is 0 Å². The Morgan fingerprint density at radius 3 is 2.28 bits per heavy atom. The van der Waals surface area contributed by atoms with Gasteiger partial charge in [-0.25, -0.2) is 18.2 Å². The molecule has 0 bridgehead atoms. The van der Waals surface area contributed by atoms with Crippen LogP contribution in [0.1, 0.15) is 49.1 Å². The molecule has 0 aliphatic carbocycles. The van der Waals surface area contributed by atoms with Gasteiger partial charge in [0.15, 0.2) is 5.13 Å². The van der Waals surface area contributed by atoms with Crippen molar-refractivity contribution in [2.24, 2.45) is 0 Å². The van der Waals surface area contributed by atoms with Gasteiger partial charge in [-0.15, -0.1) is 11.3 Å². The Morgan fingerprint density at radius 2 is 1.66 bits per heavy atom. The minimum Gasteiger partial charge on any atom is -0.352 e. The highest BCUT2D eigenvalue weighted by Crippen LogP contribution is 2.29. The number of rotatable bonds is 14. The van der Waals surface area contributed by atoms with Crippen LogP contribution in [0.15, 0.2) is 90.3 Å². The molecule has 1 fully saturated rings. The number of carbonyl (C=O) groups excluding carboxylic acids is 2. The minimum absolute atomic E-state index is 0.00725. The van der Waals surface area contributed by atoms with Gasteiger partial charge in [-0.3, -0.25) is 14.8 Å². The van der Waals surface area contributed by atoms with Crippen LogP contribution in [0.5, 0.6) is 0 Å². The van der Waals surface area contributed by atoms with Crippen LogP contribution in [0.4, 0.5) is 15.6 Å². The number of piperidine rings is 1. The summed E-state index contributed by atoms with van der Waals surface area (Å²) in [6.07, 6.45) is 4.72. The van der Waals surface area contributed by atoms with Crippen molar-refractivity contribution in [2.45, 2.75) is 44.1 Å². The van der Waals surface area contributed by atoms with E-state index >= 15 is 0 Å². The van der Waals surface area contributed by atoms with Gasteiger partial charge in [-0.05, 0) is 55.5 Å². The van der Waals surface area contributed by atoms with E-state index in [9.17, 15) is 18.0 Å². The van der Waals surface area contributed by atoms with Crippen molar-refractivity contribution in [3.8, 4) is 11.3 Å². The molecular formula is C35H42N6O4S2. The molecule has 1 saturated heterocycles. The van der Waals surface area contributed by atoms with E-state index in [0.29, 0.717) is 48.9 Å². The van der Waals surface area contributed by atoms with E-state index in [4.69, 9.17) is 0 Å². The zero-order valence-corrected chi connectivity index (χ0v) is 28.2. The molecule has 2 heterocycles. The molecule has 0 spiro atoms. The molecule has 248 valence electrons. The number of benzene rings is 3. The van der Waals surface area contributed by atoms with Gasteiger partial charge in [0.05, 0.1) is 11.9 Å². The quantitative estimate of drug-likeness (QED) is 0.132. The Morgan fingerprint density at radius 1 is 0.979 bits per heavy atom. The van der Waals surface area contributed by atoms with Gasteiger partial charge >= 0.3 is 6.03 Å². The van der Waals surface area contributed by atoms with Crippen molar-refractivity contribution < 1.29 is 18.0 Å². The van der Waals surface area contributed by atoms with Crippen molar-refractivity contribution in [2.75, 3.05) is 42.5 Å². The summed E-state index contributed by atoms with van der Waals surface area (Å²) >= 11 is 1.32. The molecule has 4 aromatic rings. The van der Waals surface area contributed by atoms with Crippen LogP contribution in [-0.4, -0.2) is 68.7 Å². The number of sulfonamides is 1. The SMILES string of the molecule is CS(=O)(=O)Nc1ccc(-c2csc(NC(=O)N(CCCC(=O)NC3CCCNC3)CCC(c3ccccc3)c3ccccc3)n2)cc1. The highest BCUT2D eigenvalue weighted by molar-refractivity contribution is 7.92. The summed E-state index contributed by atoms with van der Waals surface area (Å²) in [4.78, 5) is 32.8. The van der Waals surface area contributed by atoms with Crippen molar-refractivity contribution >= 4 is 44.1 Å². The summed E-state index contributed by atoms with van der Waals surface area (Å²) in [6.45, 7) is 2.68. The van der Waals surface area contributed by atoms with Gasteiger partial charge in [0.25, 0.3) is 0 Å². The fourth-order valence-corrected chi connectivity index (χ4v) is 7.03. The highest BCUT2D eigenvalue weighted by Gasteiger charge is 2.21. The number of urea groups is 1. The van der Waals surface area contributed by atoms with E-state index in [1.807, 2.05) is 41.8 Å². The number of amides is 3. The summed E-state index contributed by atoms with van der Waals surface area (Å²) in [5, 5.41) is 11.7. The number of carbonyl (C=O) groups is 2. The van der Waals surface area contributed by atoms with Gasteiger partial charge in [0, 0.05) is 54.6 Å². The molecule has 3 amide bonds. The van der Waals surface area contributed by atoms with Gasteiger partial charge in [-0.1, -0.05) is 72.8 Å². The van der Waals surface area contributed by atoms with Crippen LogP contribution < -0.4 is 20.7 Å². The smallest absolute Gasteiger partial charge is 0.323 e. The molecule has 47 heavy (non-hydrogen) atoms. The van der Waals surface area contributed by atoms with Crippen LogP contribution in [0, 0.1) is 0 Å². The number of nitrogens with zero attached hydrogens (tertiary/aromatic N) is 2. The third-order valence-electron chi connectivity index (χ3n) is 8.07. The molecule has 5 rings (SSSR count). The van der Waals surface area contributed by atoms with Crippen LogP contribution in [0.3, 0.4) is 0 Å². The molecule has 0 radical (unpaired) electrons. The normalized spacial score (nSPS) is 14.8. The summed E-state index contributed by atoms with van der Waals surface area (Å²) in [5.41, 5.74) is 4.29. The average molecular weight is 675 g/mol. The van der Waals surface area contributed by atoms with E-state index in [0.717, 1.165) is 37.8 Å². The number of hydrogen-bond acceptors (Lipinski definition) is 7. The van der Waals surface area contributed by atoms with Gasteiger partial charge < -0.3 is 15.5 Å². The molecule has 1 unspecified atom stereocenters. The predicted molar refractivity (Wildman–Crippen MR) is 189 cm³/mol. The molecule has 1 aliphatic heterocycles. The van der Waals surface area contributed by atoms with Crippen molar-refractivity contribution in [1.29, 1.82) is 0 Å². The standard InChI is InChI=1S/C35H42N6O4S2/c1-47(44,45)40-29-18-16-28(17-19-29)32-25-46-34(38-32)39-35(43)41(22-9-15-33(42)37-30-14-8-21-36-24-30)23-20-31(26-10-4-2-5-11-26)27-12-6-3-7-13-27/h2-7,10-13,16-19,25,30-31,36,40H,8-9,14-15,20-24H2,1H3,(H,37,42)(H,38,39,43). The van der Waals surface area contributed by atoms with Crippen molar-refractivity contribution in [1.82, 2.24) is 20.5 Å². The van der Waals surface area contributed by atoms with Crippen LogP contribution >= 0.6 is 11.3 Å². The fraction of sp³-hybridized carbons (Fsp3) is 0.343. The molecule has 1 aromatic heterocycles. The third-order valence-corrected chi connectivity index (χ3v) is 9.44. The first kappa shape index (κ1) is 34.1. The second-order valence-corrected chi connectivity index (χ2v) is 14.4. The molecule has 12 heteroatoms. The molecule has 10 nitrogen and oxygen atoms in total. The lowest BCUT2D eigenvalue weighted by Crippen LogP contribution is -2.45. The lowest BCUT2D eigenvalue weighted by molar-refractivity contribution is -0.122. The van der Waals surface area contributed by atoms with E-state index < -0.39 is 10.0 Å². The third kappa shape index (κ3) is 10.6. The summed E-state index contributed by atoms with van der Waals surface area (Å²) in [6, 6.07) is 27.4. The molecular weight excluding hydrogens is 633 g/mol. The lowest BCUT2D eigenvalue weighted by Gasteiger charge is -2.26. The minimum atomic E-state index is -3.37. The second-order valence-electron chi connectivity index (χ2n) is 11.8. The van der Waals surface area contributed by atoms with Crippen LogP contribution in [-0.2, 0) is 14.8 Å². The summed E-state index contributed by atoms with van der Waals surface area (Å²) in [5.74, 6) is 0.106. The number of anilines is 2. The van der Waals surface area contributed by atoms with Gasteiger partial charge in [0.2, 0.25) is 15.9 Å². The molecule has 1 aliphatic rings. The Kier molecular flexibility index (Phi) is 12.0. The predicted octanol–water partition coefficient (Wildman–Crippen LogP) is 5.89. The highest BCUT2D eigenvalue weighted by atomic mass is 32.2. The Bertz CT molecular complexity index is 1650. The topological polar surface area (TPSA) is 133 Å².